The van der Waals surface area contributed by atoms with Crippen LogP contribution in [0.3, 0.4) is 0 Å². The van der Waals surface area contributed by atoms with Crippen molar-refractivity contribution in [2.45, 2.75) is 26.2 Å². The van der Waals surface area contributed by atoms with Crippen molar-refractivity contribution >= 4 is 40.7 Å². The van der Waals surface area contributed by atoms with Crippen LogP contribution in [-0.4, -0.2) is 42.9 Å². The van der Waals surface area contributed by atoms with Crippen LogP contribution in [0.5, 0.6) is 0 Å². The van der Waals surface area contributed by atoms with Gasteiger partial charge >= 0.3 is 0 Å². The zero-order chi connectivity index (χ0) is 17.5. The van der Waals surface area contributed by atoms with Gasteiger partial charge in [-0.3, -0.25) is 9.59 Å². The lowest BCUT2D eigenvalue weighted by atomic mass is 10.3. The summed E-state index contributed by atoms with van der Waals surface area (Å²) >= 11 is 12.0. The molecule has 1 aliphatic rings. The molecule has 0 radical (unpaired) electrons. The maximum absolute atomic E-state index is 12.3. The monoisotopic (exact) mass is 371 g/mol. The number of hydrogen-bond donors (Lipinski definition) is 2. The number of benzene rings is 1. The molecule has 1 aliphatic carbocycles. The molecule has 0 heterocycles. The average molecular weight is 372 g/mol. The Balaban J connectivity index is 1.86. The van der Waals surface area contributed by atoms with E-state index in [4.69, 9.17) is 23.2 Å². The van der Waals surface area contributed by atoms with E-state index in [2.05, 4.69) is 10.6 Å². The van der Waals surface area contributed by atoms with Gasteiger partial charge in [-0.1, -0.05) is 30.1 Å². The van der Waals surface area contributed by atoms with Gasteiger partial charge in [0.25, 0.3) is 0 Å². The Morgan fingerprint density at radius 1 is 1.29 bits per heavy atom. The maximum atomic E-state index is 12.3. The van der Waals surface area contributed by atoms with Crippen molar-refractivity contribution in [3.8, 4) is 0 Å². The second-order valence-corrected chi connectivity index (χ2v) is 6.91. The normalized spacial score (nSPS) is 13.6. The van der Waals surface area contributed by atoms with Gasteiger partial charge < -0.3 is 15.5 Å². The van der Waals surface area contributed by atoms with E-state index < -0.39 is 0 Å². The Morgan fingerprint density at radius 3 is 2.71 bits per heavy atom. The van der Waals surface area contributed by atoms with Crippen LogP contribution < -0.4 is 10.6 Å². The molecule has 0 aromatic heterocycles. The van der Waals surface area contributed by atoms with Crippen molar-refractivity contribution in [3.63, 3.8) is 0 Å². The van der Waals surface area contributed by atoms with Gasteiger partial charge in [-0.05, 0) is 49.9 Å². The van der Waals surface area contributed by atoms with Crippen LogP contribution >= 0.6 is 23.2 Å². The number of rotatable bonds is 9. The van der Waals surface area contributed by atoms with E-state index in [-0.39, 0.29) is 24.9 Å². The van der Waals surface area contributed by atoms with Gasteiger partial charge in [-0.15, -0.1) is 0 Å². The number of anilines is 1. The van der Waals surface area contributed by atoms with Gasteiger partial charge in [0.2, 0.25) is 11.8 Å². The Kier molecular flexibility index (Phi) is 7.34. The fraction of sp³-hybridized carbons (Fsp3) is 0.529. The Bertz CT molecular complexity index is 591. The molecule has 0 unspecified atom stereocenters. The van der Waals surface area contributed by atoms with E-state index in [9.17, 15) is 9.59 Å². The molecule has 132 valence electrons. The minimum absolute atomic E-state index is 0.000619. The molecule has 0 atom stereocenters. The standard InChI is InChI=1S/C17H23Cl2N3O2/c1-2-7-22(17(24)10-20-9-12-3-4-12)11-16(23)21-15-8-13(18)5-6-14(15)19/h5-6,8,12,20H,2-4,7,9-11H2,1H3,(H,21,23). The van der Waals surface area contributed by atoms with E-state index in [0.29, 0.717) is 28.2 Å². The van der Waals surface area contributed by atoms with Crippen molar-refractivity contribution in [2.24, 2.45) is 5.92 Å². The first-order valence-electron chi connectivity index (χ1n) is 8.23. The Morgan fingerprint density at radius 2 is 2.04 bits per heavy atom. The van der Waals surface area contributed by atoms with Crippen LogP contribution in [0.4, 0.5) is 5.69 Å². The molecule has 0 saturated heterocycles. The predicted octanol–water partition coefficient (Wildman–Crippen LogP) is 3.17. The highest BCUT2D eigenvalue weighted by Crippen LogP contribution is 2.27. The lowest BCUT2D eigenvalue weighted by Crippen LogP contribution is -2.43. The molecule has 0 bridgehead atoms. The second-order valence-electron chi connectivity index (χ2n) is 6.06. The first kappa shape index (κ1) is 19.0. The molecule has 0 spiro atoms. The summed E-state index contributed by atoms with van der Waals surface area (Å²) in [4.78, 5) is 26.1. The molecular weight excluding hydrogens is 349 g/mol. The fourth-order valence-corrected chi connectivity index (χ4v) is 2.67. The first-order chi connectivity index (χ1) is 11.5. The summed E-state index contributed by atoms with van der Waals surface area (Å²) in [6.45, 7) is 3.66. The summed E-state index contributed by atoms with van der Waals surface area (Å²) in [5, 5.41) is 6.77. The second kappa shape index (κ2) is 9.25. The summed E-state index contributed by atoms with van der Waals surface area (Å²) in [5.41, 5.74) is 0.449. The summed E-state index contributed by atoms with van der Waals surface area (Å²) in [5.74, 6) is 0.360. The van der Waals surface area contributed by atoms with Gasteiger partial charge in [0.1, 0.15) is 0 Å². The minimum atomic E-state index is -0.289. The summed E-state index contributed by atoms with van der Waals surface area (Å²) in [6.07, 6.45) is 3.27. The third kappa shape index (κ3) is 6.30. The summed E-state index contributed by atoms with van der Waals surface area (Å²) in [6, 6.07) is 4.86. The molecule has 1 saturated carbocycles. The van der Waals surface area contributed by atoms with Crippen LogP contribution in [0.1, 0.15) is 26.2 Å². The third-order valence-electron chi connectivity index (χ3n) is 3.79. The van der Waals surface area contributed by atoms with Crippen molar-refractivity contribution in [3.05, 3.63) is 28.2 Å². The van der Waals surface area contributed by atoms with Crippen LogP contribution in [-0.2, 0) is 9.59 Å². The molecule has 2 rings (SSSR count). The molecule has 24 heavy (non-hydrogen) atoms. The quantitative estimate of drug-likeness (QED) is 0.700. The molecule has 1 fully saturated rings. The smallest absolute Gasteiger partial charge is 0.244 e. The number of nitrogens with one attached hydrogen (secondary N) is 2. The van der Waals surface area contributed by atoms with Gasteiger partial charge in [0.15, 0.2) is 0 Å². The van der Waals surface area contributed by atoms with Gasteiger partial charge in [-0.25, -0.2) is 0 Å². The van der Waals surface area contributed by atoms with Crippen LogP contribution in [0.25, 0.3) is 0 Å². The van der Waals surface area contributed by atoms with Crippen LogP contribution in [0.2, 0.25) is 10.0 Å². The summed E-state index contributed by atoms with van der Waals surface area (Å²) in [7, 11) is 0. The Labute approximate surface area is 152 Å². The van der Waals surface area contributed by atoms with Crippen molar-refractivity contribution < 1.29 is 9.59 Å². The molecule has 7 heteroatoms. The van der Waals surface area contributed by atoms with E-state index in [0.717, 1.165) is 13.0 Å². The summed E-state index contributed by atoms with van der Waals surface area (Å²) < 4.78 is 0. The van der Waals surface area contributed by atoms with Gasteiger partial charge in [0, 0.05) is 11.6 Å². The third-order valence-corrected chi connectivity index (χ3v) is 4.35. The number of nitrogens with zero attached hydrogens (tertiary/aromatic N) is 1. The topological polar surface area (TPSA) is 61.4 Å². The number of amides is 2. The van der Waals surface area contributed by atoms with Crippen molar-refractivity contribution in [1.29, 1.82) is 0 Å². The highest BCUT2D eigenvalue weighted by atomic mass is 35.5. The van der Waals surface area contributed by atoms with E-state index in [1.54, 1.807) is 23.1 Å². The van der Waals surface area contributed by atoms with Crippen LogP contribution in [0.15, 0.2) is 18.2 Å². The highest BCUT2D eigenvalue weighted by molar-refractivity contribution is 6.35. The lowest BCUT2D eigenvalue weighted by molar-refractivity contribution is -0.133. The molecule has 1 aromatic rings. The minimum Gasteiger partial charge on any atom is -0.332 e. The molecule has 2 amide bonds. The number of halogens is 2. The molecule has 5 nitrogen and oxygen atoms in total. The van der Waals surface area contributed by atoms with E-state index >= 15 is 0 Å². The zero-order valence-electron chi connectivity index (χ0n) is 13.8. The number of carbonyl (C=O) groups excluding carboxylic acids is 2. The Hall–Kier alpha value is -1.30. The lowest BCUT2D eigenvalue weighted by Gasteiger charge is -2.22. The predicted molar refractivity (Wildman–Crippen MR) is 97.6 cm³/mol. The van der Waals surface area contributed by atoms with Crippen molar-refractivity contribution in [1.82, 2.24) is 10.2 Å². The van der Waals surface area contributed by atoms with Gasteiger partial charge in [-0.2, -0.15) is 0 Å². The number of carbonyl (C=O) groups is 2. The fourth-order valence-electron chi connectivity index (χ4n) is 2.34. The van der Waals surface area contributed by atoms with Crippen LogP contribution in [0, 0.1) is 5.92 Å². The molecule has 0 aliphatic heterocycles. The van der Waals surface area contributed by atoms with Gasteiger partial charge in [0.05, 0.1) is 23.8 Å². The number of hydrogen-bond acceptors (Lipinski definition) is 3. The molecular formula is C17H23Cl2N3O2. The van der Waals surface area contributed by atoms with E-state index in [1.807, 2.05) is 6.92 Å². The molecule has 2 N–H and O–H groups in total. The zero-order valence-corrected chi connectivity index (χ0v) is 15.3. The largest absolute Gasteiger partial charge is 0.332 e. The van der Waals surface area contributed by atoms with Crippen molar-refractivity contribution in [2.75, 3.05) is 31.5 Å². The van der Waals surface area contributed by atoms with E-state index in [1.165, 1.54) is 12.8 Å². The SMILES string of the molecule is CCCN(CC(=O)Nc1cc(Cl)ccc1Cl)C(=O)CNCC1CC1. The maximum Gasteiger partial charge on any atom is 0.244 e. The first-order valence-corrected chi connectivity index (χ1v) is 8.98. The highest BCUT2D eigenvalue weighted by Gasteiger charge is 2.22. The molecule has 1 aromatic carbocycles. The average Bonchev–Trinajstić information content (AvgIpc) is 3.34.